The average molecular weight is 181 g/mol. The summed E-state index contributed by atoms with van der Waals surface area (Å²) in [5, 5.41) is 0. The van der Waals surface area contributed by atoms with Crippen molar-refractivity contribution in [3.05, 3.63) is 0 Å². The Morgan fingerprint density at radius 1 is 1.55 bits per heavy atom. The number of hydrogen-bond acceptors (Lipinski definition) is 4. The second-order valence-electron chi connectivity index (χ2n) is 2.54. The molecule has 0 heterocycles. The van der Waals surface area contributed by atoms with Gasteiger partial charge in [0.15, 0.2) is 0 Å². The molecule has 0 aromatic heterocycles. The van der Waals surface area contributed by atoms with E-state index >= 15 is 0 Å². The lowest BCUT2D eigenvalue weighted by molar-refractivity contribution is 0.287. The van der Waals surface area contributed by atoms with Crippen molar-refractivity contribution >= 4 is 10.1 Å². The molecule has 0 fully saturated rings. The summed E-state index contributed by atoms with van der Waals surface area (Å²) in [6.45, 7) is 2.08. The van der Waals surface area contributed by atoms with Crippen molar-refractivity contribution < 1.29 is 12.6 Å². The molecule has 11 heavy (non-hydrogen) atoms. The summed E-state index contributed by atoms with van der Waals surface area (Å²) < 4.78 is 25.4. The van der Waals surface area contributed by atoms with Gasteiger partial charge in [-0.05, 0) is 6.42 Å². The van der Waals surface area contributed by atoms with E-state index in [2.05, 4.69) is 4.18 Å². The van der Waals surface area contributed by atoms with E-state index in [0.717, 1.165) is 19.1 Å². The first-order valence-corrected chi connectivity index (χ1v) is 5.37. The largest absolute Gasteiger partial charge is 0.326 e. The Hall–Kier alpha value is -0.130. The van der Waals surface area contributed by atoms with Crippen molar-refractivity contribution in [2.24, 2.45) is 5.73 Å². The van der Waals surface area contributed by atoms with Crippen LogP contribution < -0.4 is 5.73 Å². The smallest absolute Gasteiger partial charge is 0.264 e. The molecule has 1 atom stereocenters. The van der Waals surface area contributed by atoms with E-state index < -0.39 is 10.1 Å². The summed E-state index contributed by atoms with van der Waals surface area (Å²) in [5.41, 5.74) is 5.50. The van der Waals surface area contributed by atoms with Crippen molar-refractivity contribution in [3.63, 3.8) is 0 Å². The van der Waals surface area contributed by atoms with Crippen molar-refractivity contribution in [3.8, 4) is 0 Å². The molecule has 0 amide bonds. The van der Waals surface area contributed by atoms with Gasteiger partial charge >= 0.3 is 0 Å². The Kier molecular flexibility index (Phi) is 4.63. The molecule has 5 heteroatoms. The van der Waals surface area contributed by atoms with Crippen LogP contribution in [0.3, 0.4) is 0 Å². The van der Waals surface area contributed by atoms with Crippen molar-refractivity contribution in [1.82, 2.24) is 0 Å². The summed E-state index contributed by atoms with van der Waals surface area (Å²) in [6, 6.07) is -0.172. The lowest BCUT2D eigenvalue weighted by Crippen LogP contribution is -2.27. The minimum atomic E-state index is -3.32. The van der Waals surface area contributed by atoms with Crippen LogP contribution in [0.15, 0.2) is 0 Å². The molecule has 0 aliphatic heterocycles. The van der Waals surface area contributed by atoms with E-state index in [1.165, 1.54) is 0 Å². The third kappa shape index (κ3) is 7.77. The Labute approximate surface area is 67.9 Å². The third-order valence-corrected chi connectivity index (χ3v) is 1.72. The molecule has 68 valence electrons. The van der Waals surface area contributed by atoms with Crippen LogP contribution in [0.25, 0.3) is 0 Å². The van der Waals surface area contributed by atoms with Gasteiger partial charge in [-0.2, -0.15) is 8.42 Å². The van der Waals surface area contributed by atoms with Crippen LogP contribution >= 0.6 is 0 Å². The third-order valence-electron chi connectivity index (χ3n) is 1.16. The zero-order chi connectivity index (χ0) is 8.91. The van der Waals surface area contributed by atoms with Gasteiger partial charge < -0.3 is 5.73 Å². The molecule has 0 spiro atoms. The lowest BCUT2D eigenvalue weighted by Gasteiger charge is -2.08. The predicted molar refractivity (Wildman–Crippen MR) is 43.7 cm³/mol. The lowest BCUT2D eigenvalue weighted by atomic mass is 10.2. The fraction of sp³-hybridized carbons (Fsp3) is 1.00. The minimum absolute atomic E-state index is 0.0900. The topological polar surface area (TPSA) is 69.4 Å². The number of rotatable bonds is 5. The predicted octanol–water partition coefficient (Wildman–Crippen LogP) is 0.0900. The van der Waals surface area contributed by atoms with Crippen molar-refractivity contribution in [1.29, 1.82) is 0 Å². The van der Waals surface area contributed by atoms with E-state index in [4.69, 9.17) is 5.73 Å². The molecule has 0 saturated heterocycles. The van der Waals surface area contributed by atoms with E-state index in [1.54, 1.807) is 0 Å². The van der Waals surface area contributed by atoms with Crippen LogP contribution in [0.1, 0.15) is 19.8 Å². The molecule has 0 aliphatic carbocycles. The average Bonchev–Trinajstić information content (AvgIpc) is 1.83. The first kappa shape index (κ1) is 10.9. The molecule has 0 radical (unpaired) electrons. The normalized spacial score (nSPS) is 14.8. The fourth-order valence-corrected chi connectivity index (χ4v) is 1.09. The van der Waals surface area contributed by atoms with E-state index in [0.29, 0.717) is 0 Å². The molecule has 0 rings (SSSR count). The Balaban J connectivity index is 3.54. The highest BCUT2D eigenvalue weighted by molar-refractivity contribution is 7.85. The molecule has 0 saturated carbocycles. The van der Waals surface area contributed by atoms with E-state index in [1.807, 2.05) is 6.92 Å². The highest BCUT2D eigenvalue weighted by Crippen LogP contribution is 1.96. The Bertz CT molecular complexity index is 188. The molecule has 0 aliphatic rings. The van der Waals surface area contributed by atoms with Gasteiger partial charge in [-0.3, -0.25) is 4.18 Å². The van der Waals surface area contributed by atoms with Gasteiger partial charge in [-0.15, -0.1) is 0 Å². The molecule has 0 unspecified atom stereocenters. The van der Waals surface area contributed by atoms with Crippen LogP contribution in [-0.2, 0) is 14.3 Å². The van der Waals surface area contributed by atoms with Crippen LogP contribution in [-0.4, -0.2) is 27.3 Å². The van der Waals surface area contributed by atoms with Crippen molar-refractivity contribution in [2.45, 2.75) is 25.8 Å². The maximum atomic E-state index is 10.5. The molecule has 0 aromatic carbocycles. The monoisotopic (exact) mass is 181 g/mol. The van der Waals surface area contributed by atoms with Gasteiger partial charge in [-0.1, -0.05) is 13.3 Å². The molecule has 0 bridgehead atoms. The zero-order valence-corrected chi connectivity index (χ0v) is 7.73. The van der Waals surface area contributed by atoms with Crippen molar-refractivity contribution in [2.75, 3.05) is 12.9 Å². The van der Waals surface area contributed by atoms with Gasteiger partial charge in [0.2, 0.25) is 0 Å². The van der Waals surface area contributed by atoms with E-state index in [9.17, 15) is 8.42 Å². The first-order valence-electron chi connectivity index (χ1n) is 3.55. The highest BCUT2D eigenvalue weighted by Gasteiger charge is 2.06. The SMILES string of the molecule is CCC[C@H](N)COS(C)(=O)=O. The molecular formula is C6H15NO3S. The quantitative estimate of drug-likeness (QED) is 0.610. The Morgan fingerprint density at radius 2 is 2.09 bits per heavy atom. The Morgan fingerprint density at radius 3 is 2.45 bits per heavy atom. The van der Waals surface area contributed by atoms with Crippen LogP contribution in [0.5, 0.6) is 0 Å². The maximum Gasteiger partial charge on any atom is 0.264 e. The van der Waals surface area contributed by atoms with Gasteiger partial charge in [0.1, 0.15) is 0 Å². The maximum absolute atomic E-state index is 10.5. The van der Waals surface area contributed by atoms with Crippen LogP contribution in [0, 0.1) is 0 Å². The second-order valence-corrected chi connectivity index (χ2v) is 4.18. The summed E-state index contributed by atoms with van der Waals surface area (Å²) in [7, 11) is -3.32. The minimum Gasteiger partial charge on any atom is -0.326 e. The number of nitrogens with two attached hydrogens (primary N) is 1. The summed E-state index contributed by atoms with van der Waals surface area (Å²) in [4.78, 5) is 0. The first-order chi connectivity index (χ1) is 4.95. The second kappa shape index (κ2) is 4.69. The van der Waals surface area contributed by atoms with Gasteiger partial charge in [-0.25, -0.2) is 0 Å². The molecule has 2 N–H and O–H groups in total. The molecular weight excluding hydrogens is 166 g/mol. The standard InChI is InChI=1S/C6H15NO3S/c1-3-4-6(7)5-10-11(2,8)9/h6H,3-5,7H2,1-2H3/t6-/m0/s1. The summed E-state index contributed by atoms with van der Waals surface area (Å²) in [6.07, 6.45) is 2.75. The van der Waals surface area contributed by atoms with Crippen LogP contribution in [0.4, 0.5) is 0 Å². The zero-order valence-electron chi connectivity index (χ0n) is 6.91. The van der Waals surface area contributed by atoms with Crippen LogP contribution in [0.2, 0.25) is 0 Å². The number of hydrogen-bond donors (Lipinski definition) is 1. The van der Waals surface area contributed by atoms with E-state index in [-0.39, 0.29) is 12.6 Å². The van der Waals surface area contributed by atoms with Gasteiger partial charge in [0.05, 0.1) is 12.9 Å². The summed E-state index contributed by atoms with van der Waals surface area (Å²) in [5.74, 6) is 0. The molecule has 4 nitrogen and oxygen atoms in total. The summed E-state index contributed by atoms with van der Waals surface area (Å²) >= 11 is 0. The molecule has 0 aromatic rings. The van der Waals surface area contributed by atoms with Gasteiger partial charge in [0, 0.05) is 6.04 Å². The fourth-order valence-electron chi connectivity index (χ4n) is 0.665. The highest BCUT2D eigenvalue weighted by atomic mass is 32.2. The van der Waals surface area contributed by atoms with Gasteiger partial charge in [0.25, 0.3) is 10.1 Å².